The van der Waals surface area contributed by atoms with Gasteiger partial charge in [-0.2, -0.15) is 0 Å². The second kappa shape index (κ2) is 4.42. The number of ketones is 1. The fraction of sp³-hybridized carbons (Fsp3) is 0. The van der Waals surface area contributed by atoms with Crippen molar-refractivity contribution in [2.24, 2.45) is 0 Å². The fourth-order valence-corrected chi connectivity index (χ4v) is 2.42. The van der Waals surface area contributed by atoms with Gasteiger partial charge in [0, 0.05) is 15.7 Å². The van der Waals surface area contributed by atoms with Gasteiger partial charge in [-0.1, -0.05) is 40.2 Å². The Kier molecular flexibility index (Phi) is 2.76. The van der Waals surface area contributed by atoms with E-state index in [2.05, 4.69) is 21.2 Å². The van der Waals surface area contributed by atoms with E-state index in [9.17, 15) is 4.79 Å². The number of rotatable bonds is 1. The number of para-hydroxylation sites is 1. The number of anilines is 1. The molecular formula is C15H10BrNO. The van der Waals surface area contributed by atoms with E-state index in [0.29, 0.717) is 5.70 Å². The van der Waals surface area contributed by atoms with E-state index in [-0.39, 0.29) is 5.78 Å². The Morgan fingerprint density at radius 1 is 1.06 bits per heavy atom. The SMILES string of the molecule is O=C1/C(=C/c2cccc(Br)c2)Nc2ccccc21. The van der Waals surface area contributed by atoms with Crippen molar-refractivity contribution in [1.82, 2.24) is 0 Å². The molecule has 2 aromatic rings. The molecule has 0 unspecified atom stereocenters. The van der Waals surface area contributed by atoms with Crippen LogP contribution in [0.5, 0.6) is 0 Å². The van der Waals surface area contributed by atoms with E-state index < -0.39 is 0 Å². The van der Waals surface area contributed by atoms with Crippen LogP contribution >= 0.6 is 15.9 Å². The van der Waals surface area contributed by atoms with E-state index >= 15 is 0 Å². The van der Waals surface area contributed by atoms with E-state index in [1.165, 1.54) is 0 Å². The summed E-state index contributed by atoms with van der Waals surface area (Å²) in [5.41, 5.74) is 3.23. The van der Waals surface area contributed by atoms with E-state index in [1.807, 2.05) is 54.6 Å². The monoisotopic (exact) mass is 299 g/mol. The molecule has 1 aliphatic heterocycles. The van der Waals surface area contributed by atoms with Gasteiger partial charge in [-0.05, 0) is 35.9 Å². The van der Waals surface area contributed by atoms with Crippen LogP contribution in [0.15, 0.2) is 58.7 Å². The van der Waals surface area contributed by atoms with E-state index in [1.54, 1.807) is 0 Å². The number of benzene rings is 2. The van der Waals surface area contributed by atoms with Gasteiger partial charge in [0.2, 0.25) is 5.78 Å². The Morgan fingerprint density at radius 2 is 1.89 bits per heavy atom. The molecule has 0 amide bonds. The third-order valence-corrected chi connectivity index (χ3v) is 3.34. The van der Waals surface area contributed by atoms with Gasteiger partial charge in [0.05, 0.1) is 5.70 Å². The maximum absolute atomic E-state index is 12.1. The number of nitrogens with one attached hydrogen (secondary N) is 1. The minimum absolute atomic E-state index is 0.0468. The van der Waals surface area contributed by atoms with Gasteiger partial charge in [0.15, 0.2) is 0 Å². The van der Waals surface area contributed by atoms with Crippen LogP contribution in [0.2, 0.25) is 0 Å². The van der Waals surface area contributed by atoms with Gasteiger partial charge in [-0.25, -0.2) is 0 Å². The maximum Gasteiger partial charge on any atom is 0.211 e. The van der Waals surface area contributed by atoms with Crippen molar-refractivity contribution in [3.8, 4) is 0 Å². The molecule has 1 heterocycles. The lowest BCUT2D eigenvalue weighted by Crippen LogP contribution is -1.99. The molecule has 0 atom stereocenters. The molecule has 88 valence electrons. The second-order valence-corrected chi connectivity index (χ2v) is 5.03. The lowest BCUT2D eigenvalue weighted by Gasteiger charge is -1.99. The summed E-state index contributed by atoms with van der Waals surface area (Å²) in [6.45, 7) is 0. The molecule has 0 spiro atoms. The molecule has 18 heavy (non-hydrogen) atoms. The van der Waals surface area contributed by atoms with Crippen LogP contribution in [0.1, 0.15) is 15.9 Å². The minimum atomic E-state index is 0.0468. The van der Waals surface area contributed by atoms with Crippen LogP contribution in [0.4, 0.5) is 5.69 Å². The summed E-state index contributed by atoms with van der Waals surface area (Å²) in [6.07, 6.45) is 1.87. The van der Waals surface area contributed by atoms with Crippen LogP contribution in [0, 0.1) is 0 Å². The molecule has 3 rings (SSSR count). The average molecular weight is 300 g/mol. The van der Waals surface area contributed by atoms with Gasteiger partial charge in [-0.3, -0.25) is 4.79 Å². The molecule has 1 aliphatic rings. The first-order chi connectivity index (χ1) is 8.74. The Bertz CT molecular complexity index is 661. The Labute approximate surface area is 113 Å². The van der Waals surface area contributed by atoms with Gasteiger partial charge in [0.25, 0.3) is 0 Å². The highest BCUT2D eigenvalue weighted by molar-refractivity contribution is 9.10. The number of hydrogen-bond acceptors (Lipinski definition) is 2. The van der Waals surface area contributed by atoms with Crippen molar-refractivity contribution >= 4 is 33.5 Å². The highest BCUT2D eigenvalue weighted by Crippen LogP contribution is 2.28. The number of allylic oxidation sites excluding steroid dienone is 1. The molecule has 2 aromatic carbocycles. The van der Waals surface area contributed by atoms with Crippen molar-refractivity contribution in [2.75, 3.05) is 5.32 Å². The summed E-state index contributed by atoms with van der Waals surface area (Å²) in [6, 6.07) is 15.4. The molecule has 0 radical (unpaired) electrons. The average Bonchev–Trinajstić information content (AvgIpc) is 2.67. The van der Waals surface area contributed by atoms with Crippen molar-refractivity contribution in [2.45, 2.75) is 0 Å². The van der Waals surface area contributed by atoms with Crippen molar-refractivity contribution in [3.05, 3.63) is 69.8 Å². The number of carbonyl (C=O) groups is 1. The smallest absolute Gasteiger partial charge is 0.211 e. The molecule has 0 aromatic heterocycles. The standard InChI is InChI=1S/C15H10BrNO/c16-11-5-3-4-10(8-11)9-14-15(18)12-6-1-2-7-13(12)17-14/h1-9,17H/b14-9-. The van der Waals surface area contributed by atoms with Crippen LogP contribution in [-0.2, 0) is 0 Å². The lowest BCUT2D eigenvalue weighted by molar-refractivity contribution is 0.104. The normalized spacial score (nSPS) is 15.6. The topological polar surface area (TPSA) is 29.1 Å². The van der Waals surface area contributed by atoms with Gasteiger partial charge >= 0.3 is 0 Å². The summed E-state index contributed by atoms with van der Waals surface area (Å²) in [4.78, 5) is 12.1. The quantitative estimate of drug-likeness (QED) is 0.803. The van der Waals surface area contributed by atoms with Gasteiger partial charge in [0.1, 0.15) is 0 Å². The number of Topliss-reactive ketones (excluding diaryl/α,β-unsaturated/α-hetero) is 1. The number of carbonyl (C=O) groups excluding carboxylic acids is 1. The van der Waals surface area contributed by atoms with Gasteiger partial charge in [-0.15, -0.1) is 0 Å². The summed E-state index contributed by atoms with van der Waals surface area (Å²) in [7, 11) is 0. The zero-order valence-electron chi connectivity index (χ0n) is 9.48. The predicted octanol–water partition coefficient (Wildman–Crippen LogP) is 4.10. The summed E-state index contributed by atoms with van der Waals surface area (Å²) >= 11 is 3.42. The summed E-state index contributed by atoms with van der Waals surface area (Å²) in [5, 5.41) is 3.15. The summed E-state index contributed by atoms with van der Waals surface area (Å²) < 4.78 is 1.000. The van der Waals surface area contributed by atoms with Crippen LogP contribution in [0.25, 0.3) is 6.08 Å². The molecule has 2 nitrogen and oxygen atoms in total. The van der Waals surface area contributed by atoms with Crippen molar-refractivity contribution in [3.63, 3.8) is 0 Å². The Morgan fingerprint density at radius 3 is 2.67 bits per heavy atom. The predicted molar refractivity (Wildman–Crippen MR) is 76.5 cm³/mol. The van der Waals surface area contributed by atoms with E-state index in [0.717, 1.165) is 21.3 Å². The molecule has 0 saturated heterocycles. The minimum Gasteiger partial charge on any atom is -0.352 e. The first kappa shape index (κ1) is 11.2. The van der Waals surface area contributed by atoms with Crippen LogP contribution in [-0.4, -0.2) is 5.78 Å². The van der Waals surface area contributed by atoms with Crippen LogP contribution in [0.3, 0.4) is 0 Å². The molecule has 0 bridgehead atoms. The first-order valence-electron chi connectivity index (χ1n) is 5.62. The Balaban J connectivity index is 1.99. The van der Waals surface area contributed by atoms with Crippen molar-refractivity contribution in [1.29, 1.82) is 0 Å². The largest absolute Gasteiger partial charge is 0.352 e. The number of fused-ring (bicyclic) bond motifs is 1. The van der Waals surface area contributed by atoms with Crippen LogP contribution < -0.4 is 5.32 Å². The Hall–Kier alpha value is -1.87. The highest BCUT2D eigenvalue weighted by Gasteiger charge is 2.23. The zero-order valence-corrected chi connectivity index (χ0v) is 11.1. The maximum atomic E-state index is 12.1. The third kappa shape index (κ3) is 1.97. The molecule has 0 aliphatic carbocycles. The second-order valence-electron chi connectivity index (χ2n) is 4.11. The number of hydrogen-bond donors (Lipinski definition) is 1. The molecule has 0 saturated carbocycles. The summed E-state index contributed by atoms with van der Waals surface area (Å²) in [5.74, 6) is 0.0468. The molecule has 1 N–H and O–H groups in total. The van der Waals surface area contributed by atoms with E-state index in [4.69, 9.17) is 0 Å². The van der Waals surface area contributed by atoms with Gasteiger partial charge < -0.3 is 5.32 Å². The highest BCUT2D eigenvalue weighted by atomic mass is 79.9. The fourth-order valence-electron chi connectivity index (χ4n) is 2.00. The molecule has 0 fully saturated rings. The van der Waals surface area contributed by atoms with Crippen molar-refractivity contribution < 1.29 is 4.79 Å². The zero-order chi connectivity index (χ0) is 12.5. The number of halogens is 1. The third-order valence-electron chi connectivity index (χ3n) is 2.85. The molecular weight excluding hydrogens is 290 g/mol. The lowest BCUT2D eigenvalue weighted by atomic mass is 10.1. The molecule has 3 heteroatoms. The first-order valence-corrected chi connectivity index (χ1v) is 6.41.